The fourth-order valence-electron chi connectivity index (χ4n) is 4.06. The summed E-state index contributed by atoms with van der Waals surface area (Å²) in [6, 6.07) is 1.59. The Kier molecular flexibility index (Phi) is 7.93. The number of ether oxygens (including phenoxy) is 1. The molecule has 1 N–H and O–H groups in total. The second-order valence-corrected chi connectivity index (χ2v) is 7.87. The van der Waals surface area contributed by atoms with Gasteiger partial charge in [-0.05, 0) is 25.3 Å². The zero-order valence-corrected chi connectivity index (χ0v) is 17.4. The zero-order chi connectivity index (χ0) is 21.3. The fourth-order valence-corrected chi connectivity index (χ4v) is 4.06. The maximum atomic E-state index is 11.9. The molecule has 2 heterocycles. The third kappa shape index (κ3) is 6.11. The van der Waals surface area contributed by atoms with E-state index in [2.05, 4.69) is 15.1 Å². The first-order valence-corrected chi connectivity index (χ1v) is 10.7. The number of hydrogen-bond donors (Lipinski definition) is 1. The molecule has 0 aliphatic heterocycles. The van der Waals surface area contributed by atoms with Crippen molar-refractivity contribution in [1.29, 1.82) is 0 Å². The number of rotatable bonds is 10. The van der Waals surface area contributed by atoms with Crippen LogP contribution in [0.1, 0.15) is 86.9 Å². The van der Waals surface area contributed by atoms with Gasteiger partial charge in [0.25, 0.3) is 0 Å². The molecular weight excluding hydrogens is 386 g/mol. The lowest BCUT2D eigenvalue weighted by molar-refractivity contribution is -0.137. The summed E-state index contributed by atoms with van der Waals surface area (Å²) < 4.78 is 10.4. The van der Waals surface area contributed by atoms with Gasteiger partial charge < -0.3 is 14.4 Å². The number of aliphatic carboxylic acids is 1. The van der Waals surface area contributed by atoms with Crippen molar-refractivity contribution in [2.24, 2.45) is 5.92 Å². The van der Waals surface area contributed by atoms with E-state index in [1.165, 1.54) is 44.5 Å². The first-order chi connectivity index (χ1) is 14.6. The normalized spacial score (nSPS) is 15.6. The summed E-state index contributed by atoms with van der Waals surface area (Å²) in [5, 5.41) is 13.3. The Morgan fingerprint density at radius 1 is 1.27 bits per heavy atom. The van der Waals surface area contributed by atoms with E-state index in [1.54, 1.807) is 13.0 Å². The maximum absolute atomic E-state index is 11.9. The van der Waals surface area contributed by atoms with Crippen LogP contribution in [0.3, 0.4) is 0 Å². The standard InChI is InChI=1S/C22H29N3O5/c1-2-29-22(28)18-11-17(13-23-14-18)20-24-21(30-25-20)16(12-19(26)27)10-6-9-15-7-4-3-5-8-15/h11,13-16H,2-10,12H2,1H3,(H,26,27). The van der Waals surface area contributed by atoms with Gasteiger partial charge in [-0.2, -0.15) is 4.98 Å². The summed E-state index contributed by atoms with van der Waals surface area (Å²) in [5.74, 6) is -0.331. The molecule has 1 unspecified atom stereocenters. The number of nitrogens with zero attached hydrogens (tertiary/aromatic N) is 3. The van der Waals surface area contributed by atoms with Crippen LogP contribution < -0.4 is 0 Å². The number of carbonyl (C=O) groups is 2. The minimum atomic E-state index is -0.886. The maximum Gasteiger partial charge on any atom is 0.339 e. The third-order valence-corrected chi connectivity index (χ3v) is 5.61. The van der Waals surface area contributed by atoms with E-state index in [0.717, 1.165) is 18.8 Å². The van der Waals surface area contributed by atoms with Gasteiger partial charge in [0.2, 0.25) is 11.7 Å². The second kappa shape index (κ2) is 10.8. The Morgan fingerprint density at radius 2 is 2.07 bits per heavy atom. The van der Waals surface area contributed by atoms with Crippen LogP contribution in [0, 0.1) is 5.92 Å². The lowest BCUT2D eigenvalue weighted by atomic mass is 9.84. The molecule has 1 fully saturated rings. The Bertz CT molecular complexity index is 845. The molecule has 0 aromatic carbocycles. The second-order valence-electron chi connectivity index (χ2n) is 7.87. The summed E-state index contributed by atoms with van der Waals surface area (Å²) in [6.07, 6.45) is 12.1. The molecule has 0 amide bonds. The summed E-state index contributed by atoms with van der Waals surface area (Å²) >= 11 is 0. The first-order valence-electron chi connectivity index (χ1n) is 10.7. The number of hydrogen-bond acceptors (Lipinski definition) is 7. The highest BCUT2D eigenvalue weighted by atomic mass is 16.5. The molecule has 162 valence electrons. The molecule has 0 radical (unpaired) electrons. The number of aromatic nitrogens is 3. The van der Waals surface area contributed by atoms with E-state index < -0.39 is 11.9 Å². The predicted octanol–water partition coefficient (Wildman–Crippen LogP) is 4.62. The highest BCUT2D eigenvalue weighted by Crippen LogP contribution is 2.31. The molecule has 0 bridgehead atoms. The average Bonchev–Trinajstić information content (AvgIpc) is 3.24. The molecule has 0 spiro atoms. The molecule has 0 saturated heterocycles. The highest BCUT2D eigenvalue weighted by Gasteiger charge is 2.24. The smallest absolute Gasteiger partial charge is 0.339 e. The van der Waals surface area contributed by atoms with Crippen LogP contribution in [0.5, 0.6) is 0 Å². The molecular formula is C22H29N3O5. The summed E-state index contributed by atoms with van der Waals surface area (Å²) in [5.41, 5.74) is 0.821. The van der Waals surface area contributed by atoms with Gasteiger partial charge in [0.1, 0.15) is 0 Å². The van der Waals surface area contributed by atoms with Crippen molar-refractivity contribution in [2.45, 2.75) is 70.6 Å². The minimum absolute atomic E-state index is 0.0482. The van der Waals surface area contributed by atoms with Crippen molar-refractivity contribution >= 4 is 11.9 Å². The molecule has 1 atom stereocenters. The van der Waals surface area contributed by atoms with Crippen LogP contribution >= 0.6 is 0 Å². The van der Waals surface area contributed by atoms with Crippen molar-refractivity contribution in [3.63, 3.8) is 0 Å². The minimum Gasteiger partial charge on any atom is -0.481 e. The van der Waals surface area contributed by atoms with Gasteiger partial charge >= 0.3 is 11.9 Å². The van der Waals surface area contributed by atoms with Crippen molar-refractivity contribution in [2.75, 3.05) is 6.61 Å². The van der Waals surface area contributed by atoms with Gasteiger partial charge in [-0.3, -0.25) is 9.78 Å². The molecule has 1 saturated carbocycles. The quantitative estimate of drug-likeness (QED) is 0.559. The number of pyridine rings is 1. The molecule has 8 nitrogen and oxygen atoms in total. The predicted molar refractivity (Wildman–Crippen MR) is 109 cm³/mol. The van der Waals surface area contributed by atoms with Crippen molar-refractivity contribution in [3.05, 3.63) is 29.9 Å². The number of carboxylic acid groups (broad SMARTS) is 1. The van der Waals surface area contributed by atoms with Crippen LogP contribution in [0.2, 0.25) is 0 Å². The summed E-state index contributed by atoms with van der Waals surface area (Å²) in [6.45, 7) is 2.00. The van der Waals surface area contributed by atoms with E-state index in [-0.39, 0.29) is 24.8 Å². The van der Waals surface area contributed by atoms with Gasteiger partial charge in [0.15, 0.2) is 0 Å². The fraction of sp³-hybridized carbons (Fsp3) is 0.591. The zero-order valence-electron chi connectivity index (χ0n) is 17.4. The Hall–Kier alpha value is -2.77. The van der Waals surface area contributed by atoms with E-state index >= 15 is 0 Å². The van der Waals surface area contributed by atoms with E-state index in [4.69, 9.17) is 9.26 Å². The van der Waals surface area contributed by atoms with E-state index in [1.807, 2.05) is 0 Å². The molecule has 2 aromatic heterocycles. The van der Waals surface area contributed by atoms with Crippen LogP contribution in [-0.4, -0.2) is 38.8 Å². The van der Waals surface area contributed by atoms with Crippen molar-refractivity contribution in [3.8, 4) is 11.4 Å². The highest BCUT2D eigenvalue weighted by molar-refractivity contribution is 5.90. The number of carboxylic acids is 1. The topological polar surface area (TPSA) is 115 Å². The molecule has 2 aromatic rings. The molecule has 3 rings (SSSR count). The Labute approximate surface area is 176 Å². The molecule has 1 aliphatic carbocycles. The Morgan fingerprint density at radius 3 is 2.80 bits per heavy atom. The van der Waals surface area contributed by atoms with Crippen LogP contribution in [-0.2, 0) is 9.53 Å². The SMILES string of the molecule is CCOC(=O)c1cncc(-c2noc(C(CCCC3CCCCC3)CC(=O)O)n2)c1. The van der Waals surface area contributed by atoms with Crippen molar-refractivity contribution in [1.82, 2.24) is 15.1 Å². The third-order valence-electron chi connectivity index (χ3n) is 5.61. The van der Waals surface area contributed by atoms with Crippen LogP contribution in [0.25, 0.3) is 11.4 Å². The van der Waals surface area contributed by atoms with Crippen LogP contribution in [0.15, 0.2) is 23.0 Å². The van der Waals surface area contributed by atoms with Gasteiger partial charge in [-0.15, -0.1) is 0 Å². The summed E-state index contributed by atoms with van der Waals surface area (Å²) in [7, 11) is 0. The monoisotopic (exact) mass is 415 g/mol. The molecule has 30 heavy (non-hydrogen) atoms. The lowest BCUT2D eigenvalue weighted by Gasteiger charge is -2.21. The Balaban J connectivity index is 1.68. The first kappa shape index (κ1) is 21.9. The van der Waals surface area contributed by atoms with Crippen LogP contribution in [0.4, 0.5) is 0 Å². The van der Waals surface area contributed by atoms with E-state index in [9.17, 15) is 14.7 Å². The molecule has 1 aliphatic rings. The largest absolute Gasteiger partial charge is 0.481 e. The number of esters is 1. The summed E-state index contributed by atoms with van der Waals surface area (Å²) in [4.78, 5) is 31.7. The molecule has 8 heteroatoms. The van der Waals surface area contributed by atoms with Gasteiger partial charge in [0.05, 0.1) is 18.6 Å². The van der Waals surface area contributed by atoms with E-state index in [0.29, 0.717) is 23.4 Å². The van der Waals surface area contributed by atoms with Crippen molar-refractivity contribution < 1.29 is 24.0 Å². The van der Waals surface area contributed by atoms with Gasteiger partial charge in [-0.25, -0.2) is 4.79 Å². The van der Waals surface area contributed by atoms with Gasteiger partial charge in [0, 0.05) is 23.9 Å². The van der Waals surface area contributed by atoms with Gasteiger partial charge in [-0.1, -0.05) is 50.1 Å². The average molecular weight is 415 g/mol. The number of carbonyl (C=O) groups excluding carboxylic acids is 1. The lowest BCUT2D eigenvalue weighted by Crippen LogP contribution is -2.10.